The van der Waals surface area contributed by atoms with Gasteiger partial charge >= 0.3 is 0 Å². The number of nitrogens with zero attached hydrogens (tertiary/aromatic N) is 2. The summed E-state index contributed by atoms with van der Waals surface area (Å²) in [5.41, 5.74) is 2.80. The second-order valence-corrected chi connectivity index (χ2v) is 6.41. The molecule has 0 radical (unpaired) electrons. The minimum Gasteiger partial charge on any atom is -0.496 e. The van der Waals surface area contributed by atoms with Crippen molar-refractivity contribution in [3.8, 4) is 5.75 Å². The Morgan fingerprint density at radius 3 is 2.88 bits per heavy atom. The van der Waals surface area contributed by atoms with Crippen LogP contribution in [0.2, 0.25) is 0 Å². The van der Waals surface area contributed by atoms with E-state index in [0.717, 1.165) is 32.4 Å². The molecule has 1 amide bonds. The summed E-state index contributed by atoms with van der Waals surface area (Å²) in [5.74, 6) is 0.657. The van der Waals surface area contributed by atoms with Gasteiger partial charge in [-0.3, -0.25) is 9.48 Å². The van der Waals surface area contributed by atoms with Gasteiger partial charge in [-0.05, 0) is 31.2 Å². The molecule has 3 aromatic rings. The van der Waals surface area contributed by atoms with Gasteiger partial charge < -0.3 is 10.1 Å². The van der Waals surface area contributed by atoms with Crippen LogP contribution in [0.1, 0.15) is 11.3 Å². The van der Waals surface area contributed by atoms with E-state index in [1.807, 2.05) is 49.4 Å². The molecule has 5 nitrogen and oxygen atoms in total. The standard InChI is InChI=1S/C18H18BrN3O2/c1-12-15-5-3-4-6-16(15)22(21-12)11-18(23)20-10-13-9-14(19)7-8-17(13)24-2/h3-9H,10-11H2,1-2H3,(H,20,23). The van der Waals surface area contributed by atoms with Crippen molar-refractivity contribution >= 4 is 32.7 Å². The molecule has 1 N–H and O–H groups in total. The van der Waals surface area contributed by atoms with E-state index in [-0.39, 0.29) is 12.5 Å². The molecule has 0 saturated carbocycles. The Hall–Kier alpha value is -2.34. The first-order chi connectivity index (χ1) is 11.6. The summed E-state index contributed by atoms with van der Waals surface area (Å²) in [7, 11) is 1.62. The van der Waals surface area contributed by atoms with Crippen LogP contribution in [0.4, 0.5) is 0 Å². The summed E-state index contributed by atoms with van der Waals surface area (Å²) < 4.78 is 8.00. The highest BCUT2D eigenvalue weighted by Gasteiger charge is 2.11. The molecule has 1 aromatic heterocycles. The van der Waals surface area contributed by atoms with Gasteiger partial charge in [0.05, 0.1) is 18.3 Å². The highest BCUT2D eigenvalue weighted by Crippen LogP contribution is 2.23. The first-order valence-corrected chi connectivity index (χ1v) is 8.39. The maximum atomic E-state index is 12.3. The van der Waals surface area contributed by atoms with Crippen LogP contribution >= 0.6 is 15.9 Å². The molecule has 0 saturated heterocycles. The van der Waals surface area contributed by atoms with Crippen LogP contribution in [0.15, 0.2) is 46.9 Å². The normalized spacial score (nSPS) is 10.8. The quantitative estimate of drug-likeness (QED) is 0.729. The van der Waals surface area contributed by atoms with E-state index in [4.69, 9.17) is 4.74 Å². The van der Waals surface area contributed by atoms with Gasteiger partial charge in [-0.25, -0.2) is 0 Å². The number of amides is 1. The molecule has 0 unspecified atom stereocenters. The SMILES string of the molecule is COc1ccc(Br)cc1CNC(=O)Cn1nc(C)c2ccccc21. The second kappa shape index (κ2) is 7.05. The molecule has 0 bridgehead atoms. The zero-order valence-electron chi connectivity index (χ0n) is 13.5. The number of rotatable bonds is 5. The Morgan fingerprint density at radius 2 is 2.08 bits per heavy atom. The van der Waals surface area contributed by atoms with Crippen molar-refractivity contribution in [2.24, 2.45) is 0 Å². The van der Waals surface area contributed by atoms with Crippen molar-refractivity contribution in [2.45, 2.75) is 20.0 Å². The maximum absolute atomic E-state index is 12.3. The number of para-hydroxylation sites is 1. The Labute approximate surface area is 148 Å². The van der Waals surface area contributed by atoms with Crippen molar-refractivity contribution < 1.29 is 9.53 Å². The molecular formula is C18H18BrN3O2. The van der Waals surface area contributed by atoms with E-state index in [2.05, 4.69) is 26.3 Å². The summed E-state index contributed by atoms with van der Waals surface area (Å²) in [4.78, 5) is 12.3. The Balaban J connectivity index is 1.71. The van der Waals surface area contributed by atoms with Crippen LogP contribution in [0.3, 0.4) is 0 Å². The summed E-state index contributed by atoms with van der Waals surface area (Å²) in [5, 5.41) is 8.45. The first-order valence-electron chi connectivity index (χ1n) is 7.59. The molecule has 0 atom stereocenters. The van der Waals surface area contributed by atoms with Gasteiger partial charge in [0.25, 0.3) is 0 Å². The second-order valence-electron chi connectivity index (χ2n) is 5.49. The van der Waals surface area contributed by atoms with Crippen molar-refractivity contribution in [3.05, 3.63) is 58.2 Å². The van der Waals surface area contributed by atoms with Crippen molar-refractivity contribution in [1.29, 1.82) is 0 Å². The van der Waals surface area contributed by atoms with Crippen molar-refractivity contribution in [3.63, 3.8) is 0 Å². The number of nitrogens with one attached hydrogen (secondary N) is 1. The molecule has 0 fully saturated rings. The zero-order valence-corrected chi connectivity index (χ0v) is 15.1. The van der Waals surface area contributed by atoms with Gasteiger partial charge in [0, 0.05) is 22.0 Å². The molecule has 3 rings (SSSR count). The number of methoxy groups -OCH3 is 1. The van der Waals surface area contributed by atoms with Gasteiger partial charge in [0.2, 0.25) is 5.91 Å². The number of aromatic nitrogens is 2. The molecule has 0 aliphatic rings. The number of hydrogen-bond donors (Lipinski definition) is 1. The van der Waals surface area contributed by atoms with Crippen molar-refractivity contribution in [1.82, 2.24) is 15.1 Å². The molecule has 1 heterocycles. The third-order valence-corrected chi connectivity index (χ3v) is 4.35. The van der Waals surface area contributed by atoms with Gasteiger partial charge in [-0.1, -0.05) is 34.1 Å². The monoisotopic (exact) mass is 387 g/mol. The number of fused-ring (bicyclic) bond motifs is 1. The third kappa shape index (κ3) is 3.43. The number of carbonyl (C=O) groups is 1. The lowest BCUT2D eigenvalue weighted by Gasteiger charge is -2.10. The fourth-order valence-electron chi connectivity index (χ4n) is 2.69. The molecule has 2 aromatic carbocycles. The minimum atomic E-state index is -0.0923. The molecule has 6 heteroatoms. The fraction of sp³-hybridized carbons (Fsp3) is 0.222. The van der Waals surface area contributed by atoms with Crippen LogP contribution in [0.5, 0.6) is 5.75 Å². The van der Waals surface area contributed by atoms with Gasteiger partial charge in [0.1, 0.15) is 12.3 Å². The summed E-state index contributed by atoms with van der Waals surface area (Å²) in [6.45, 7) is 2.54. The topological polar surface area (TPSA) is 56.1 Å². The minimum absolute atomic E-state index is 0.0923. The number of ether oxygens (including phenoxy) is 1. The third-order valence-electron chi connectivity index (χ3n) is 3.85. The summed E-state index contributed by atoms with van der Waals surface area (Å²) in [6.07, 6.45) is 0. The van der Waals surface area contributed by atoms with E-state index < -0.39 is 0 Å². The van der Waals surface area contributed by atoms with E-state index in [9.17, 15) is 4.79 Å². The van der Waals surface area contributed by atoms with E-state index in [1.54, 1.807) is 11.8 Å². The van der Waals surface area contributed by atoms with Crippen LogP contribution in [0, 0.1) is 6.92 Å². The molecule has 24 heavy (non-hydrogen) atoms. The highest BCUT2D eigenvalue weighted by molar-refractivity contribution is 9.10. The predicted octanol–water partition coefficient (Wildman–Crippen LogP) is 3.43. The number of hydrogen-bond acceptors (Lipinski definition) is 3. The summed E-state index contributed by atoms with van der Waals surface area (Å²) in [6, 6.07) is 13.6. The average Bonchev–Trinajstić information content (AvgIpc) is 2.89. The number of carbonyl (C=O) groups excluding carboxylic acids is 1. The number of benzene rings is 2. The fourth-order valence-corrected chi connectivity index (χ4v) is 3.09. The average molecular weight is 388 g/mol. The van der Waals surface area contributed by atoms with Gasteiger partial charge in [-0.15, -0.1) is 0 Å². The first kappa shape index (κ1) is 16.5. The number of halogens is 1. The van der Waals surface area contributed by atoms with E-state index in [0.29, 0.717) is 6.54 Å². The maximum Gasteiger partial charge on any atom is 0.242 e. The van der Waals surface area contributed by atoms with E-state index in [1.165, 1.54) is 0 Å². The Morgan fingerprint density at radius 1 is 1.29 bits per heavy atom. The predicted molar refractivity (Wildman–Crippen MR) is 97.0 cm³/mol. The molecule has 0 spiro atoms. The van der Waals surface area contributed by atoms with Crippen LogP contribution < -0.4 is 10.1 Å². The Kier molecular flexibility index (Phi) is 4.85. The summed E-state index contributed by atoms with van der Waals surface area (Å²) >= 11 is 3.43. The molecule has 124 valence electrons. The van der Waals surface area contributed by atoms with Crippen molar-refractivity contribution in [2.75, 3.05) is 7.11 Å². The lowest BCUT2D eigenvalue weighted by Crippen LogP contribution is -2.27. The smallest absolute Gasteiger partial charge is 0.242 e. The largest absolute Gasteiger partial charge is 0.496 e. The van der Waals surface area contributed by atoms with Gasteiger partial charge in [0.15, 0.2) is 0 Å². The highest BCUT2D eigenvalue weighted by atomic mass is 79.9. The van der Waals surface area contributed by atoms with E-state index >= 15 is 0 Å². The zero-order chi connectivity index (χ0) is 17.1. The number of aryl methyl sites for hydroxylation is 1. The Bertz CT molecular complexity index is 889. The van der Waals surface area contributed by atoms with Crippen LogP contribution in [0.25, 0.3) is 10.9 Å². The molecule has 0 aliphatic heterocycles. The lowest BCUT2D eigenvalue weighted by atomic mass is 10.2. The van der Waals surface area contributed by atoms with Crippen LogP contribution in [-0.2, 0) is 17.9 Å². The molecular weight excluding hydrogens is 370 g/mol. The van der Waals surface area contributed by atoms with Gasteiger partial charge in [-0.2, -0.15) is 5.10 Å². The van der Waals surface area contributed by atoms with Crippen LogP contribution in [-0.4, -0.2) is 22.8 Å². The lowest BCUT2D eigenvalue weighted by molar-refractivity contribution is -0.121. The molecule has 0 aliphatic carbocycles.